The Kier molecular flexibility index (Phi) is 1.85. The van der Waals surface area contributed by atoms with E-state index in [-0.39, 0.29) is 11.0 Å². The van der Waals surface area contributed by atoms with Gasteiger partial charge < -0.3 is 4.74 Å². The molecule has 1 aromatic rings. The van der Waals surface area contributed by atoms with Crippen molar-refractivity contribution < 1.29 is 9.53 Å². The fourth-order valence-corrected chi connectivity index (χ4v) is 1.87. The highest BCUT2D eigenvalue weighted by Gasteiger charge is 2.28. The molecule has 12 heavy (non-hydrogen) atoms. The van der Waals surface area contributed by atoms with Crippen molar-refractivity contribution in [2.75, 3.05) is 0 Å². The lowest BCUT2D eigenvalue weighted by Crippen LogP contribution is -1.93. The number of hydrogen-bond donors (Lipinski definition) is 0. The van der Waals surface area contributed by atoms with E-state index >= 15 is 0 Å². The number of cyclic esters (lactones) is 1. The average Bonchev–Trinajstić information content (AvgIpc) is 2.28. The summed E-state index contributed by atoms with van der Waals surface area (Å²) in [6, 6.07) is 5.12. The van der Waals surface area contributed by atoms with Crippen LogP contribution in [0, 0.1) is 0 Å². The van der Waals surface area contributed by atoms with Gasteiger partial charge in [0.2, 0.25) is 0 Å². The number of alkyl halides is 1. The molecule has 62 valence electrons. The predicted octanol–water partition coefficient (Wildman–Crippen LogP) is 2.90. The summed E-state index contributed by atoms with van der Waals surface area (Å²) in [4.78, 5) is 11.1. The van der Waals surface area contributed by atoms with E-state index < -0.39 is 0 Å². The third-order valence-electron chi connectivity index (χ3n) is 1.69. The molecule has 0 N–H and O–H groups in total. The second-order valence-electron chi connectivity index (χ2n) is 2.45. The second kappa shape index (κ2) is 2.75. The van der Waals surface area contributed by atoms with Gasteiger partial charge in [0, 0.05) is 10.6 Å². The summed E-state index contributed by atoms with van der Waals surface area (Å²) < 4.78 is 4.91. The van der Waals surface area contributed by atoms with Gasteiger partial charge in [-0.25, -0.2) is 4.79 Å². The first-order valence-corrected chi connectivity index (χ1v) is 4.62. The van der Waals surface area contributed by atoms with Gasteiger partial charge in [0.05, 0.1) is 5.56 Å². The molecular weight excluding hydrogens is 243 g/mol. The Balaban J connectivity index is 2.60. The second-order valence-corrected chi connectivity index (χ2v) is 3.72. The Labute approximate surface area is 82.6 Å². The largest absolute Gasteiger partial charge is 0.442 e. The van der Waals surface area contributed by atoms with Crippen LogP contribution in [0.2, 0.25) is 5.02 Å². The fourth-order valence-electron chi connectivity index (χ4n) is 1.12. The minimum atomic E-state index is -0.325. The lowest BCUT2D eigenvalue weighted by molar-refractivity contribution is 0.0530. The van der Waals surface area contributed by atoms with E-state index in [2.05, 4.69) is 15.9 Å². The monoisotopic (exact) mass is 246 g/mol. The number of ether oxygens (including phenoxy) is 1. The van der Waals surface area contributed by atoms with Gasteiger partial charge in [0.15, 0.2) is 5.01 Å². The molecule has 0 saturated heterocycles. The van der Waals surface area contributed by atoms with Gasteiger partial charge in [-0.2, -0.15) is 0 Å². The van der Waals surface area contributed by atoms with Crippen molar-refractivity contribution in [2.24, 2.45) is 0 Å². The van der Waals surface area contributed by atoms with Crippen LogP contribution in [-0.2, 0) is 4.74 Å². The molecule has 1 unspecified atom stereocenters. The Morgan fingerprint density at radius 1 is 1.50 bits per heavy atom. The van der Waals surface area contributed by atoms with Crippen LogP contribution in [0.1, 0.15) is 20.9 Å². The fraction of sp³-hybridized carbons (Fsp3) is 0.125. The molecule has 0 bridgehead atoms. The maximum atomic E-state index is 11.1. The molecule has 2 rings (SSSR count). The molecule has 1 heterocycles. The van der Waals surface area contributed by atoms with Gasteiger partial charge >= 0.3 is 5.97 Å². The first kappa shape index (κ1) is 8.08. The maximum absolute atomic E-state index is 11.1. The molecule has 0 aliphatic carbocycles. The van der Waals surface area contributed by atoms with Crippen LogP contribution in [0.3, 0.4) is 0 Å². The smallest absolute Gasteiger partial charge is 0.340 e. The summed E-state index contributed by atoms with van der Waals surface area (Å²) in [5, 5.41) is 0.226. The van der Waals surface area contributed by atoms with Crippen molar-refractivity contribution in [3.63, 3.8) is 0 Å². The Hall–Kier alpha value is -0.540. The molecular formula is C8H4BrClO2. The van der Waals surface area contributed by atoms with Crippen LogP contribution in [-0.4, -0.2) is 5.97 Å². The van der Waals surface area contributed by atoms with E-state index in [0.29, 0.717) is 10.6 Å². The zero-order valence-corrected chi connectivity index (χ0v) is 8.22. The Morgan fingerprint density at radius 3 is 3.00 bits per heavy atom. The van der Waals surface area contributed by atoms with E-state index in [4.69, 9.17) is 16.3 Å². The van der Waals surface area contributed by atoms with E-state index in [1.54, 1.807) is 18.2 Å². The molecule has 0 radical (unpaired) electrons. The van der Waals surface area contributed by atoms with E-state index in [0.717, 1.165) is 5.56 Å². The number of fused-ring (bicyclic) bond motifs is 1. The number of hydrogen-bond acceptors (Lipinski definition) is 2. The molecule has 0 aromatic heterocycles. The quantitative estimate of drug-likeness (QED) is 0.520. The Bertz CT molecular complexity index is 351. The average molecular weight is 247 g/mol. The van der Waals surface area contributed by atoms with Gasteiger partial charge in [0.1, 0.15) is 0 Å². The standard InChI is InChI=1S/C8H4BrClO2/c9-7-5-2-1-4(10)3-6(5)8(11)12-7/h1-3,7H. The zero-order chi connectivity index (χ0) is 8.72. The van der Waals surface area contributed by atoms with Crippen LogP contribution in [0.4, 0.5) is 0 Å². The third-order valence-corrected chi connectivity index (χ3v) is 2.61. The van der Waals surface area contributed by atoms with E-state index in [9.17, 15) is 4.79 Å². The summed E-state index contributed by atoms with van der Waals surface area (Å²) in [6.07, 6.45) is 0. The minimum absolute atomic E-state index is 0.322. The van der Waals surface area contributed by atoms with E-state index in [1.165, 1.54) is 0 Å². The highest BCUT2D eigenvalue weighted by molar-refractivity contribution is 9.09. The van der Waals surface area contributed by atoms with Gasteiger partial charge in [-0.3, -0.25) is 0 Å². The number of halogens is 2. The maximum Gasteiger partial charge on any atom is 0.340 e. The van der Waals surface area contributed by atoms with Crippen LogP contribution < -0.4 is 0 Å². The topological polar surface area (TPSA) is 26.3 Å². The lowest BCUT2D eigenvalue weighted by atomic mass is 10.1. The minimum Gasteiger partial charge on any atom is -0.442 e. The number of rotatable bonds is 0. The van der Waals surface area contributed by atoms with Gasteiger partial charge in [-0.1, -0.05) is 17.7 Å². The van der Waals surface area contributed by atoms with Gasteiger partial charge in [0.25, 0.3) is 0 Å². The van der Waals surface area contributed by atoms with Crippen molar-refractivity contribution in [3.8, 4) is 0 Å². The van der Waals surface area contributed by atoms with Crippen molar-refractivity contribution in [1.82, 2.24) is 0 Å². The van der Waals surface area contributed by atoms with Crippen LogP contribution in [0.5, 0.6) is 0 Å². The molecule has 0 fully saturated rings. The number of benzene rings is 1. The van der Waals surface area contributed by atoms with Gasteiger partial charge in [-0.05, 0) is 28.1 Å². The molecule has 1 aliphatic heterocycles. The highest BCUT2D eigenvalue weighted by atomic mass is 79.9. The SMILES string of the molecule is O=C1OC(Br)c2ccc(Cl)cc21. The van der Waals surface area contributed by atoms with Crippen molar-refractivity contribution >= 4 is 33.5 Å². The van der Waals surface area contributed by atoms with Crippen LogP contribution >= 0.6 is 27.5 Å². The first-order chi connectivity index (χ1) is 5.68. The molecule has 1 aliphatic rings. The number of carbonyl (C=O) groups is 1. The summed E-state index contributed by atoms with van der Waals surface area (Å²) in [5.41, 5.74) is 1.38. The molecule has 1 aromatic carbocycles. The van der Waals surface area contributed by atoms with Crippen LogP contribution in [0.15, 0.2) is 18.2 Å². The normalized spacial score (nSPS) is 20.5. The lowest BCUT2D eigenvalue weighted by Gasteiger charge is -1.98. The predicted molar refractivity (Wildman–Crippen MR) is 48.5 cm³/mol. The van der Waals surface area contributed by atoms with Crippen LogP contribution in [0.25, 0.3) is 0 Å². The molecule has 1 atom stereocenters. The van der Waals surface area contributed by atoms with Gasteiger partial charge in [-0.15, -0.1) is 0 Å². The zero-order valence-electron chi connectivity index (χ0n) is 5.88. The molecule has 2 nitrogen and oxygen atoms in total. The van der Waals surface area contributed by atoms with E-state index in [1.807, 2.05) is 0 Å². The summed E-state index contributed by atoms with van der Waals surface area (Å²) in [6.45, 7) is 0. The molecule has 0 saturated carbocycles. The van der Waals surface area contributed by atoms with Crippen molar-refractivity contribution in [2.45, 2.75) is 5.01 Å². The Morgan fingerprint density at radius 2 is 2.25 bits per heavy atom. The van der Waals surface area contributed by atoms with Crippen molar-refractivity contribution in [3.05, 3.63) is 34.3 Å². The molecule has 0 amide bonds. The number of carbonyl (C=O) groups excluding carboxylic acids is 1. The number of esters is 1. The molecule has 0 spiro atoms. The third kappa shape index (κ3) is 1.13. The summed E-state index contributed by atoms with van der Waals surface area (Å²) in [7, 11) is 0. The summed E-state index contributed by atoms with van der Waals surface area (Å²) >= 11 is 8.93. The molecule has 4 heteroatoms. The van der Waals surface area contributed by atoms with Crippen molar-refractivity contribution in [1.29, 1.82) is 0 Å². The highest BCUT2D eigenvalue weighted by Crippen LogP contribution is 2.35. The summed E-state index contributed by atoms with van der Waals surface area (Å²) in [5.74, 6) is -0.325. The first-order valence-electron chi connectivity index (χ1n) is 3.33.